The first-order chi connectivity index (χ1) is 10.2. The van der Waals surface area contributed by atoms with Gasteiger partial charge in [0.1, 0.15) is 5.82 Å². The van der Waals surface area contributed by atoms with Gasteiger partial charge in [-0.15, -0.1) is 10.2 Å². The third-order valence-corrected chi connectivity index (χ3v) is 3.85. The van der Waals surface area contributed by atoms with E-state index < -0.39 is 0 Å². The van der Waals surface area contributed by atoms with Gasteiger partial charge < -0.3 is 0 Å². The second-order valence-corrected chi connectivity index (χ2v) is 6.13. The van der Waals surface area contributed by atoms with E-state index in [1.54, 1.807) is 0 Å². The third kappa shape index (κ3) is 2.76. The summed E-state index contributed by atoms with van der Waals surface area (Å²) in [5.74, 6) is 2.15. The molecule has 0 aliphatic carbocycles. The molecule has 0 aliphatic rings. The molecule has 3 nitrogen and oxygen atoms in total. The summed E-state index contributed by atoms with van der Waals surface area (Å²) in [5.41, 5.74) is 2.14. The minimum atomic E-state index is 0.304. The van der Waals surface area contributed by atoms with E-state index in [0.29, 0.717) is 5.92 Å². The zero-order chi connectivity index (χ0) is 14.8. The van der Waals surface area contributed by atoms with Crippen molar-refractivity contribution in [3.8, 4) is 17.1 Å². The summed E-state index contributed by atoms with van der Waals surface area (Å²) in [7, 11) is 0. The van der Waals surface area contributed by atoms with Crippen molar-refractivity contribution in [3.05, 3.63) is 64.9 Å². The molecule has 0 saturated carbocycles. The van der Waals surface area contributed by atoms with Gasteiger partial charge >= 0.3 is 0 Å². The van der Waals surface area contributed by atoms with Crippen LogP contribution in [0.3, 0.4) is 0 Å². The largest absolute Gasteiger partial charge is 0.279 e. The fourth-order valence-corrected chi connectivity index (χ4v) is 2.55. The first-order valence-corrected chi connectivity index (χ1v) is 7.73. The Morgan fingerprint density at radius 2 is 1.57 bits per heavy atom. The molecular weight excluding hydrogens is 326 g/mol. The summed E-state index contributed by atoms with van der Waals surface area (Å²) in [6.07, 6.45) is 0. The van der Waals surface area contributed by atoms with Gasteiger partial charge in [-0.2, -0.15) is 0 Å². The van der Waals surface area contributed by atoms with Gasteiger partial charge in [0.25, 0.3) is 0 Å². The van der Waals surface area contributed by atoms with E-state index in [0.717, 1.165) is 27.4 Å². The topological polar surface area (TPSA) is 30.7 Å². The van der Waals surface area contributed by atoms with Crippen molar-refractivity contribution in [1.82, 2.24) is 14.8 Å². The second-order valence-electron chi connectivity index (χ2n) is 5.21. The molecule has 0 unspecified atom stereocenters. The third-order valence-electron chi connectivity index (χ3n) is 3.32. The summed E-state index contributed by atoms with van der Waals surface area (Å²) in [5, 5.41) is 8.80. The maximum absolute atomic E-state index is 4.41. The summed E-state index contributed by atoms with van der Waals surface area (Å²) >= 11 is 3.48. The van der Waals surface area contributed by atoms with Crippen molar-refractivity contribution in [2.45, 2.75) is 19.8 Å². The smallest absolute Gasteiger partial charge is 0.168 e. The second kappa shape index (κ2) is 5.82. The van der Waals surface area contributed by atoms with E-state index in [2.05, 4.69) is 68.8 Å². The van der Waals surface area contributed by atoms with Crippen LogP contribution in [0.25, 0.3) is 17.1 Å². The summed E-state index contributed by atoms with van der Waals surface area (Å²) in [6, 6.07) is 18.4. The summed E-state index contributed by atoms with van der Waals surface area (Å²) < 4.78 is 3.19. The molecule has 2 aromatic carbocycles. The number of halogens is 1. The molecule has 0 spiro atoms. The van der Waals surface area contributed by atoms with E-state index in [9.17, 15) is 0 Å². The molecule has 1 heterocycles. The molecule has 0 N–H and O–H groups in total. The lowest BCUT2D eigenvalue weighted by Gasteiger charge is -2.12. The SMILES string of the molecule is CC(C)c1nnc(-c2ccccc2)n1-c1ccc(Br)cc1. The zero-order valence-electron chi connectivity index (χ0n) is 12.0. The molecule has 0 saturated heterocycles. The fourth-order valence-electron chi connectivity index (χ4n) is 2.29. The number of hydrogen-bond acceptors (Lipinski definition) is 2. The van der Waals surface area contributed by atoms with Crippen LogP contribution in [0.4, 0.5) is 0 Å². The van der Waals surface area contributed by atoms with Crippen molar-refractivity contribution in [2.75, 3.05) is 0 Å². The van der Waals surface area contributed by atoms with Gasteiger partial charge in [-0.3, -0.25) is 4.57 Å². The molecule has 0 bridgehead atoms. The Balaban J connectivity index is 2.21. The lowest BCUT2D eigenvalue weighted by molar-refractivity contribution is 0.746. The van der Waals surface area contributed by atoms with Crippen LogP contribution < -0.4 is 0 Å². The molecule has 4 heteroatoms. The summed E-state index contributed by atoms with van der Waals surface area (Å²) in [6.45, 7) is 4.27. The van der Waals surface area contributed by atoms with Crippen LogP contribution in [0.2, 0.25) is 0 Å². The Bertz CT molecular complexity index is 730. The Hall–Kier alpha value is -1.94. The lowest BCUT2D eigenvalue weighted by atomic mass is 10.1. The highest BCUT2D eigenvalue weighted by molar-refractivity contribution is 9.10. The Morgan fingerprint density at radius 1 is 0.905 bits per heavy atom. The van der Waals surface area contributed by atoms with Gasteiger partial charge in [0.2, 0.25) is 0 Å². The average Bonchev–Trinajstić information content (AvgIpc) is 2.94. The first kappa shape index (κ1) is 14.0. The molecule has 0 atom stereocenters. The number of benzene rings is 2. The Kier molecular flexibility index (Phi) is 3.88. The standard InChI is InChI=1S/C17H16BrN3/c1-12(2)16-19-20-17(13-6-4-3-5-7-13)21(16)15-10-8-14(18)9-11-15/h3-12H,1-2H3. The highest BCUT2D eigenvalue weighted by atomic mass is 79.9. The normalized spacial score (nSPS) is 11.0. The van der Waals surface area contributed by atoms with Crippen LogP contribution in [0.15, 0.2) is 59.1 Å². The first-order valence-electron chi connectivity index (χ1n) is 6.93. The van der Waals surface area contributed by atoms with Gasteiger partial charge in [0, 0.05) is 21.6 Å². The predicted octanol–water partition coefficient (Wildman–Crippen LogP) is 4.82. The van der Waals surface area contributed by atoms with E-state index in [1.807, 2.05) is 30.3 Å². The van der Waals surface area contributed by atoms with Crippen LogP contribution in [-0.2, 0) is 0 Å². The number of rotatable bonds is 3. The van der Waals surface area contributed by atoms with Gasteiger partial charge in [-0.05, 0) is 24.3 Å². The predicted molar refractivity (Wildman–Crippen MR) is 88.6 cm³/mol. The molecule has 0 fully saturated rings. The van der Waals surface area contributed by atoms with E-state index >= 15 is 0 Å². The molecular formula is C17H16BrN3. The number of nitrogens with zero attached hydrogens (tertiary/aromatic N) is 3. The van der Waals surface area contributed by atoms with E-state index in [4.69, 9.17) is 0 Å². The molecule has 0 aliphatic heterocycles. The van der Waals surface area contributed by atoms with Crippen molar-refractivity contribution >= 4 is 15.9 Å². The quantitative estimate of drug-likeness (QED) is 0.683. The van der Waals surface area contributed by atoms with Crippen molar-refractivity contribution in [3.63, 3.8) is 0 Å². The fraction of sp³-hybridized carbons (Fsp3) is 0.176. The van der Waals surface area contributed by atoms with Crippen molar-refractivity contribution < 1.29 is 0 Å². The molecule has 106 valence electrons. The molecule has 3 aromatic rings. The lowest BCUT2D eigenvalue weighted by Crippen LogP contribution is -2.04. The monoisotopic (exact) mass is 341 g/mol. The van der Waals surface area contributed by atoms with Crippen LogP contribution in [0.1, 0.15) is 25.6 Å². The van der Waals surface area contributed by atoms with Gasteiger partial charge in [-0.1, -0.05) is 60.1 Å². The van der Waals surface area contributed by atoms with Crippen LogP contribution >= 0.6 is 15.9 Å². The zero-order valence-corrected chi connectivity index (χ0v) is 13.6. The average molecular weight is 342 g/mol. The number of aromatic nitrogens is 3. The van der Waals surface area contributed by atoms with Gasteiger partial charge in [0.05, 0.1) is 0 Å². The minimum Gasteiger partial charge on any atom is -0.279 e. The number of hydrogen-bond donors (Lipinski definition) is 0. The van der Waals surface area contributed by atoms with Gasteiger partial charge in [0.15, 0.2) is 5.82 Å². The van der Waals surface area contributed by atoms with Crippen LogP contribution in [0.5, 0.6) is 0 Å². The molecule has 21 heavy (non-hydrogen) atoms. The van der Waals surface area contributed by atoms with Crippen LogP contribution in [0, 0.1) is 0 Å². The maximum Gasteiger partial charge on any atom is 0.168 e. The minimum absolute atomic E-state index is 0.304. The molecule has 3 rings (SSSR count). The van der Waals surface area contributed by atoms with E-state index in [-0.39, 0.29) is 0 Å². The Labute approximate surface area is 132 Å². The maximum atomic E-state index is 4.41. The molecule has 0 amide bonds. The van der Waals surface area contributed by atoms with Gasteiger partial charge in [-0.25, -0.2) is 0 Å². The molecule has 0 radical (unpaired) electrons. The van der Waals surface area contributed by atoms with Crippen molar-refractivity contribution in [1.29, 1.82) is 0 Å². The van der Waals surface area contributed by atoms with E-state index in [1.165, 1.54) is 0 Å². The molecule has 1 aromatic heterocycles. The summed E-state index contributed by atoms with van der Waals surface area (Å²) in [4.78, 5) is 0. The highest BCUT2D eigenvalue weighted by Crippen LogP contribution is 2.26. The van der Waals surface area contributed by atoms with Crippen LogP contribution in [-0.4, -0.2) is 14.8 Å². The highest BCUT2D eigenvalue weighted by Gasteiger charge is 2.17. The Morgan fingerprint density at radius 3 is 2.19 bits per heavy atom. The van der Waals surface area contributed by atoms with Crippen molar-refractivity contribution in [2.24, 2.45) is 0 Å².